The Bertz CT molecular complexity index is 765. The van der Waals surface area contributed by atoms with Gasteiger partial charge in [-0.25, -0.2) is 0 Å². The van der Waals surface area contributed by atoms with E-state index in [2.05, 4.69) is 57.8 Å². The molecule has 6 heteroatoms. The molecular weight excluding hydrogens is 352 g/mol. The number of nitrogens with one attached hydrogen (secondary N) is 2. The van der Waals surface area contributed by atoms with Crippen molar-refractivity contribution in [2.45, 2.75) is 32.9 Å². The summed E-state index contributed by atoms with van der Waals surface area (Å²) >= 11 is 0. The predicted molar refractivity (Wildman–Crippen MR) is 113 cm³/mol. The van der Waals surface area contributed by atoms with Crippen LogP contribution in [0.3, 0.4) is 0 Å². The lowest BCUT2D eigenvalue weighted by atomic mass is 10.1. The topological polar surface area (TPSA) is 62.0 Å². The quantitative estimate of drug-likeness (QED) is 0.568. The Hall–Kier alpha value is -2.31. The number of nitrogens with zero attached hydrogens (tertiary/aromatic N) is 2. The highest BCUT2D eigenvalue weighted by Gasteiger charge is 2.25. The van der Waals surface area contributed by atoms with Crippen LogP contribution in [0, 0.1) is 6.92 Å². The molecule has 1 unspecified atom stereocenters. The van der Waals surface area contributed by atoms with Crippen LogP contribution in [0.5, 0.6) is 0 Å². The summed E-state index contributed by atoms with van der Waals surface area (Å²) in [7, 11) is 1.81. The minimum atomic E-state index is 0.152. The monoisotopic (exact) mass is 384 g/mol. The van der Waals surface area contributed by atoms with Crippen LogP contribution >= 0.6 is 0 Å². The first kappa shape index (κ1) is 20.4. The summed E-state index contributed by atoms with van der Waals surface area (Å²) in [6, 6.07) is 12.8. The summed E-state index contributed by atoms with van der Waals surface area (Å²) in [5.74, 6) is 2.72. The molecule has 0 amide bonds. The van der Waals surface area contributed by atoms with Gasteiger partial charge in [-0.2, -0.15) is 0 Å². The summed E-state index contributed by atoms with van der Waals surface area (Å²) in [4.78, 5) is 6.81. The largest absolute Gasteiger partial charge is 0.465 e. The number of benzene rings is 1. The first-order valence-corrected chi connectivity index (χ1v) is 10.1. The third kappa shape index (κ3) is 5.36. The van der Waals surface area contributed by atoms with E-state index >= 15 is 0 Å². The first-order valence-electron chi connectivity index (χ1n) is 10.1. The Morgan fingerprint density at radius 3 is 2.50 bits per heavy atom. The number of guanidine groups is 1. The Morgan fingerprint density at radius 2 is 1.86 bits per heavy atom. The molecule has 0 bridgehead atoms. The van der Waals surface area contributed by atoms with E-state index < -0.39 is 0 Å². The number of rotatable bonds is 7. The van der Waals surface area contributed by atoms with Gasteiger partial charge in [0.25, 0.3) is 0 Å². The van der Waals surface area contributed by atoms with Crippen molar-refractivity contribution in [3.05, 3.63) is 59.0 Å². The SMILES string of the molecule is CCc1ccccc1CNC(=NC)NCC(c1ccc(C)o1)N1CCOCC1. The lowest BCUT2D eigenvalue weighted by Crippen LogP contribution is -2.46. The molecule has 1 atom stereocenters. The maximum absolute atomic E-state index is 5.94. The minimum absolute atomic E-state index is 0.152. The van der Waals surface area contributed by atoms with Crippen molar-refractivity contribution in [2.75, 3.05) is 39.9 Å². The maximum Gasteiger partial charge on any atom is 0.191 e. The minimum Gasteiger partial charge on any atom is -0.465 e. The van der Waals surface area contributed by atoms with Gasteiger partial charge < -0.3 is 19.8 Å². The van der Waals surface area contributed by atoms with Crippen LogP contribution in [0.25, 0.3) is 0 Å². The zero-order valence-corrected chi connectivity index (χ0v) is 17.2. The molecule has 28 heavy (non-hydrogen) atoms. The smallest absolute Gasteiger partial charge is 0.191 e. The molecular formula is C22H32N4O2. The van der Waals surface area contributed by atoms with Crippen molar-refractivity contribution in [3.63, 3.8) is 0 Å². The molecule has 2 N–H and O–H groups in total. The van der Waals surface area contributed by atoms with Gasteiger partial charge in [-0.3, -0.25) is 9.89 Å². The average Bonchev–Trinajstić information content (AvgIpc) is 3.17. The summed E-state index contributed by atoms with van der Waals surface area (Å²) in [5, 5.41) is 6.92. The van der Waals surface area contributed by atoms with E-state index in [1.807, 2.05) is 20.0 Å². The number of aliphatic imine (C=N–C) groups is 1. The molecule has 152 valence electrons. The van der Waals surface area contributed by atoms with Gasteiger partial charge in [0.2, 0.25) is 0 Å². The lowest BCUT2D eigenvalue weighted by molar-refractivity contribution is 0.0124. The highest BCUT2D eigenvalue weighted by molar-refractivity contribution is 5.79. The van der Waals surface area contributed by atoms with Crippen LogP contribution in [-0.4, -0.2) is 50.8 Å². The lowest BCUT2D eigenvalue weighted by Gasteiger charge is -2.33. The van der Waals surface area contributed by atoms with Crippen molar-refractivity contribution in [1.82, 2.24) is 15.5 Å². The second-order valence-electron chi connectivity index (χ2n) is 7.04. The van der Waals surface area contributed by atoms with Crippen LogP contribution in [0.15, 0.2) is 45.8 Å². The van der Waals surface area contributed by atoms with E-state index in [-0.39, 0.29) is 6.04 Å². The van der Waals surface area contributed by atoms with Gasteiger partial charge in [0.1, 0.15) is 11.5 Å². The second kappa shape index (κ2) is 10.3. The highest BCUT2D eigenvalue weighted by atomic mass is 16.5. The first-order chi connectivity index (χ1) is 13.7. The number of ether oxygens (including phenoxy) is 1. The van der Waals surface area contributed by atoms with Gasteiger partial charge in [0.05, 0.1) is 19.3 Å². The molecule has 1 saturated heterocycles. The summed E-state index contributed by atoms with van der Waals surface area (Å²) in [5.41, 5.74) is 2.67. The fraction of sp³-hybridized carbons (Fsp3) is 0.500. The maximum atomic E-state index is 5.94. The molecule has 6 nitrogen and oxygen atoms in total. The zero-order valence-electron chi connectivity index (χ0n) is 17.2. The van der Waals surface area contributed by atoms with E-state index in [1.165, 1.54) is 11.1 Å². The number of morpholine rings is 1. The molecule has 0 spiro atoms. The molecule has 1 aliphatic heterocycles. The van der Waals surface area contributed by atoms with Crippen LogP contribution in [-0.2, 0) is 17.7 Å². The van der Waals surface area contributed by atoms with E-state index in [1.54, 1.807) is 0 Å². The second-order valence-corrected chi connectivity index (χ2v) is 7.04. The van der Waals surface area contributed by atoms with Gasteiger partial charge >= 0.3 is 0 Å². The molecule has 1 aliphatic rings. The molecule has 1 aromatic carbocycles. The van der Waals surface area contributed by atoms with Gasteiger partial charge in [0, 0.05) is 33.2 Å². The molecule has 0 saturated carbocycles. The zero-order chi connectivity index (χ0) is 19.8. The van der Waals surface area contributed by atoms with Crippen LogP contribution < -0.4 is 10.6 Å². The molecule has 0 aliphatic carbocycles. The van der Waals surface area contributed by atoms with Gasteiger partial charge in [-0.1, -0.05) is 31.2 Å². The average molecular weight is 385 g/mol. The Kier molecular flexibility index (Phi) is 7.51. The Morgan fingerprint density at radius 1 is 1.11 bits per heavy atom. The van der Waals surface area contributed by atoms with Crippen LogP contribution in [0.2, 0.25) is 0 Å². The fourth-order valence-electron chi connectivity index (χ4n) is 3.60. The third-order valence-electron chi connectivity index (χ3n) is 5.21. The van der Waals surface area contributed by atoms with E-state index in [4.69, 9.17) is 9.15 Å². The molecule has 1 fully saturated rings. The molecule has 0 radical (unpaired) electrons. The standard InChI is InChI=1S/C22H32N4O2/c1-4-18-7-5-6-8-19(18)15-24-22(23-3)25-16-20(21-10-9-17(2)28-21)26-11-13-27-14-12-26/h5-10,20H,4,11-16H2,1-3H3,(H2,23,24,25). The summed E-state index contributed by atoms with van der Waals surface area (Å²) < 4.78 is 11.5. The van der Waals surface area contributed by atoms with Crippen LogP contribution in [0.4, 0.5) is 0 Å². The van der Waals surface area contributed by atoms with Crippen molar-refractivity contribution in [2.24, 2.45) is 4.99 Å². The van der Waals surface area contributed by atoms with Crippen molar-refractivity contribution >= 4 is 5.96 Å². The van der Waals surface area contributed by atoms with Crippen molar-refractivity contribution < 1.29 is 9.15 Å². The number of aryl methyl sites for hydroxylation is 2. The fourth-order valence-corrected chi connectivity index (χ4v) is 3.60. The Labute approximate surface area is 168 Å². The van der Waals surface area contributed by atoms with Crippen molar-refractivity contribution in [3.8, 4) is 0 Å². The Balaban J connectivity index is 1.62. The number of hydrogen-bond acceptors (Lipinski definition) is 4. The van der Waals surface area contributed by atoms with Crippen LogP contribution in [0.1, 0.15) is 35.6 Å². The number of hydrogen-bond donors (Lipinski definition) is 2. The normalized spacial score (nSPS) is 16.8. The number of furan rings is 1. The van der Waals surface area contributed by atoms with Gasteiger partial charge in [0.15, 0.2) is 5.96 Å². The van der Waals surface area contributed by atoms with E-state index in [0.717, 1.165) is 63.3 Å². The highest BCUT2D eigenvalue weighted by Crippen LogP contribution is 2.23. The summed E-state index contributed by atoms with van der Waals surface area (Å²) in [6.07, 6.45) is 1.03. The third-order valence-corrected chi connectivity index (χ3v) is 5.21. The van der Waals surface area contributed by atoms with Crippen molar-refractivity contribution in [1.29, 1.82) is 0 Å². The van der Waals surface area contributed by atoms with E-state index in [0.29, 0.717) is 0 Å². The summed E-state index contributed by atoms with van der Waals surface area (Å²) in [6.45, 7) is 8.98. The van der Waals surface area contributed by atoms with E-state index in [9.17, 15) is 0 Å². The molecule has 1 aromatic heterocycles. The molecule has 2 heterocycles. The molecule has 2 aromatic rings. The predicted octanol–water partition coefficient (Wildman–Crippen LogP) is 2.89. The molecule has 3 rings (SSSR count). The van der Waals surface area contributed by atoms with Gasteiger partial charge in [-0.05, 0) is 36.6 Å². The van der Waals surface area contributed by atoms with Gasteiger partial charge in [-0.15, -0.1) is 0 Å².